The number of carbonyl (C=O) groups excluding carboxylic acids is 1. The molecule has 0 aliphatic rings. The van der Waals surface area contributed by atoms with Crippen LogP contribution < -0.4 is 5.73 Å². The molecule has 2 heteroatoms. The van der Waals surface area contributed by atoms with Gasteiger partial charge in [0.05, 0.1) is 0 Å². The highest BCUT2D eigenvalue weighted by molar-refractivity contribution is 5.76. The number of nitrogens with two attached hydrogens (primary N) is 1. The quantitative estimate of drug-likeness (QED) is 0.870. The van der Waals surface area contributed by atoms with Crippen LogP contribution in [0.5, 0.6) is 0 Å². The van der Waals surface area contributed by atoms with Crippen molar-refractivity contribution in [3.05, 3.63) is 34.9 Å². The zero-order valence-electron chi connectivity index (χ0n) is 11.5. The Morgan fingerprint density at radius 1 is 1.29 bits per heavy atom. The standard InChI is InChI=1S/C15H23NO/c1-10-6-12(14(16)8-11(2)17)9-13(7-10)15(3,4)5/h6-7,9,14H,8,16H2,1-5H3/t14-/m0/s1. The van der Waals surface area contributed by atoms with Crippen molar-refractivity contribution in [3.63, 3.8) is 0 Å². The second-order valence-corrected chi connectivity index (χ2v) is 5.90. The molecule has 0 aromatic heterocycles. The minimum atomic E-state index is -0.187. The lowest BCUT2D eigenvalue weighted by atomic mass is 9.84. The molecule has 2 N–H and O–H groups in total. The summed E-state index contributed by atoms with van der Waals surface area (Å²) in [5.41, 5.74) is 9.69. The molecule has 94 valence electrons. The van der Waals surface area contributed by atoms with Gasteiger partial charge in [0.2, 0.25) is 0 Å². The second-order valence-electron chi connectivity index (χ2n) is 5.90. The molecule has 0 aliphatic carbocycles. The van der Waals surface area contributed by atoms with Crippen molar-refractivity contribution < 1.29 is 4.79 Å². The maximum Gasteiger partial charge on any atom is 0.131 e. The SMILES string of the molecule is CC(=O)C[C@H](N)c1cc(C)cc(C(C)(C)C)c1. The summed E-state index contributed by atoms with van der Waals surface area (Å²) in [5, 5.41) is 0. The van der Waals surface area contributed by atoms with Gasteiger partial charge in [0, 0.05) is 12.5 Å². The van der Waals surface area contributed by atoms with Crippen LogP contribution in [0.3, 0.4) is 0 Å². The lowest BCUT2D eigenvalue weighted by molar-refractivity contribution is -0.117. The van der Waals surface area contributed by atoms with Gasteiger partial charge in [-0.3, -0.25) is 4.79 Å². The average molecular weight is 233 g/mol. The molecular formula is C15H23NO. The number of rotatable bonds is 3. The highest BCUT2D eigenvalue weighted by Crippen LogP contribution is 2.27. The Morgan fingerprint density at radius 3 is 2.35 bits per heavy atom. The molecule has 0 unspecified atom stereocenters. The Hall–Kier alpha value is -1.15. The van der Waals surface area contributed by atoms with E-state index in [2.05, 4.69) is 45.9 Å². The van der Waals surface area contributed by atoms with E-state index in [-0.39, 0.29) is 17.2 Å². The van der Waals surface area contributed by atoms with Crippen molar-refractivity contribution in [2.45, 2.75) is 52.5 Å². The van der Waals surface area contributed by atoms with Crippen LogP contribution >= 0.6 is 0 Å². The van der Waals surface area contributed by atoms with Gasteiger partial charge in [-0.2, -0.15) is 0 Å². The fraction of sp³-hybridized carbons (Fsp3) is 0.533. The van der Waals surface area contributed by atoms with E-state index in [0.717, 1.165) is 5.56 Å². The van der Waals surface area contributed by atoms with E-state index in [0.29, 0.717) is 6.42 Å². The van der Waals surface area contributed by atoms with Crippen LogP contribution in [0.1, 0.15) is 56.8 Å². The molecule has 1 atom stereocenters. The van der Waals surface area contributed by atoms with Crippen LogP contribution in [0, 0.1) is 6.92 Å². The molecule has 0 amide bonds. The maximum absolute atomic E-state index is 11.1. The highest BCUT2D eigenvalue weighted by atomic mass is 16.1. The van der Waals surface area contributed by atoms with Gasteiger partial charge < -0.3 is 5.73 Å². The van der Waals surface area contributed by atoms with Crippen LogP contribution in [0.4, 0.5) is 0 Å². The monoisotopic (exact) mass is 233 g/mol. The van der Waals surface area contributed by atoms with Crippen LogP contribution in [-0.2, 0) is 10.2 Å². The molecule has 0 heterocycles. The van der Waals surface area contributed by atoms with E-state index in [1.165, 1.54) is 11.1 Å². The molecule has 0 saturated carbocycles. The van der Waals surface area contributed by atoms with Crippen molar-refractivity contribution in [3.8, 4) is 0 Å². The Kier molecular flexibility index (Phi) is 4.10. The summed E-state index contributed by atoms with van der Waals surface area (Å²) in [6.07, 6.45) is 0.410. The Morgan fingerprint density at radius 2 is 1.88 bits per heavy atom. The molecule has 1 aromatic carbocycles. The fourth-order valence-corrected chi connectivity index (χ4v) is 1.89. The lowest BCUT2D eigenvalue weighted by Gasteiger charge is -2.22. The van der Waals surface area contributed by atoms with Crippen molar-refractivity contribution >= 4 is 5.78 Å². The molecule has 1 rings (SSSR count). The minimum absolute atomic E-state index is 0.108. The molecule has 0 aliphatic heterocycles. The number of ketones is 1. The van der Waals surface area contributed by atoms with Gasteiger partial charge in [0.1, 0.15) is 5.78 Å². The number of hydrogen-bond acceptors (Lipinski definition) is 2. The normalized spacial score (nSPS) is 13.5. The molecule has 0 saturated heterocycles. The van der Waals surface area contributed by atoms with Gasteiger partial charge in [-0.05, 0) is 30.4 Å². The van der Waals surface area contributed by atoms with Crippen molar-refractivity contribution in [2.75, 3.05) is 0 Å². The number of hydrogen-bond donors (Lipinski definition) is 1. The largest absolute Gasteiger partial charge is 0.324 e. The summed E-state index contributed by atoms with van der Waals surface area (Å²) < 4.78 is 0. The van der Waals surface area contributed by atoms with Crippen molar-refractivity contribution in [1.82, 2.24) is 0 Å². The van der Waals surface area contributed by atoms with E-state index in [1.807, 2.05) is 0 Å². The molecule has 0 bridgehead atoms. The number of benzene rings is 1. The first-order chi connectivity index (χ1) is 7.70. The van der Waals surface area contributed by atoms with Gasteiger partial charge in [-0.15, -0.1) is 0 Å². The van der Waals surface area contributed by atoms with Gasteiger partial charge in [0.25, 0.3) is 0 Å². The maximum atomic E-state index is 11.1. The minimum Gasteiger partial charge on any atom is -0.324 e. The van der Waals surface area contributed by atoms with Gasteiger partial charge in [0.15, 0.2) is 0 Å². The molecule has 2 nitrogen and oxygen atoms in total. The zero-order chi connectivity index (χ0) is 13.2. The zero-order valence-corrected chi connectivity index (χ0v) is 11.5. The molecule has 1 aromatic rings. The fourth-order valence-electron chi connectivity index (χ4n) is 1.89. The molecule has 0 spiro atoms. The van der Waals surface area contributed by atoms with E-state index >= 15 is 0 Å². The number of carbonyl (C=O) groups is 1. The van der Waals surface area contributed by atoms with Crippen molar-refractivity contribution in [2.24, 2.45) is 5.73 Å². The van der Waals surface area contributed by atoms with E-state index < -0.39 is 0 Å². The Balaban J connectivity index is 3.09. The molecular weight excluding hydrogens is 210 g/mol. The Labute approximate surface area is 104 Å². The third-order valence-electron chi connectivity index (χ3n) is 2.90. The predicted octanol–water partition coefficient (Wildman–Crippen LogP) is 3.27. The first-order valence-corrected chi connectivity index (χ1v) is 6.07. The smallest absolute Gasteiger partial charge is 0.131 e. The first kappa shape index (κ1) is 13.9. The average Bonchev–Trinajstić information content (AvgIpc) is 2.14. The molecule has 17 heavy (non-hydrogen) atoms. The topological polar surface area (TPSA) is 43.1 Å². The summed E-state index contributed by atoms with van der Waals surface area (Å²) in [6, 6.07) is 6.20. The lowest BCUT2D eigenvalue weighted by Crippen LogP contribution is -2.17. The summed E-state index contributed by atoms with van der Waals surface area (Å²) in [6.45, 7) is 10.2. The predicted molar refractivity (Wildman–Crippen MR) is 72.1 cm³/mol. The number of Topliss-reactive ketones (excluding diaryl/α,β-unsaturated/α-hetero) is 1. The summed E-state index contributed by atoms with van der Waals surface area (Å²) >= 11 is 0. The molecule has 0 radical (unpaired) electrons. The molecule has 0 fully saturated rings. The summed E-state index contributed by atoms with van der Waals surface area (Å²) in [7, 11) is 0. The second kappa shape index (κ2) is 5.01. The summed E-state index contributed by atoms with van der Waals surface area (Å²) in [5.74, 6) is 0.135. The van der Waals surface area contributed by atoms with Crippen LogP contribution in [0.25, 0.3) is 0 Å². The van der Waals surface area contributed by atoms with Crippen LogP contribution in [0.15, 0.2) is 18.2 Å². The number of aryl methyl sites for hydroxylation is 1. The van der Waals surface area contributed by atoms with Crippen LogP contribution in [0.2, 0.25) is 0 Å². The highest BCUT2D eigenvalue weighted by Gasteiger charge is 2.17. The van der Waals surface area contributed by atoms with Crippen LogP contribution in [-0.4, -0.2) is 5.78 Å². The van der Waals surface area contributed by atoms with E-state index in [4.69, 9.17) is 5.73 Å². The van der Waals surface area contributed by atoms with E-state index in [9.17, 15) is 4.79 Å². The van der Waals surface area contributed by atoms with E-state index in [1.54, 1.807) is 6.92 Å². The Bertz CT molecular complexity index is 415. The summed E-state index contributed by atoms with van der Waals surface area (Å²) in [4.78, 5) is 11.1. The van der Waals surface area contributed by atoms with Gasteiger partial charge >= 0.3 is 0 Å². The van der Waals surface area contributed by atoms with Crippen molar-refractivity contribution in [1.29, 1.82) is 0 Å². The first-order valence-electron chi connectivity index (χ1n) is 6.07. The third kappa shape index (κ3) is 3.97. The van der Waals surface area contributed by atoms with Gasteiger partial charge in [-0.1, -0.05) is 44.5 Å². The third-order valence-corrected chi connectivity index (χ3v) is 2.90. The van der Waals surface area contributed by atoms with Gasteiger partial charge in [-0.25, -0.2) is 0 Å².